The molecule has 0 saturated carbocycles. The molecular weight excluding hydrogens is 282 g/mol. The van der Waals surface area contributed by atoms with E-state index in [1.54, 1.807) is 7.11 Å². The van der Waals surface area contributed by atoms with Crippen LogP contribution in [0, 0.1) is 0 Å². The monoisotopic (exact) mass is 303 g/mol. The Labute approximate surface area is 132 Å². The van der Waals surface area contributed by atoms with Gasteiger partial charge in [-0.2, -0.15) is 0 Å². The molecule has 3 heteroatoms. The van der Waals surface area contributed by atoms with Gasteiger partial charge in [-0.05, 0) is 41.8 Å². The lowest BCUT2D eigenvalue weighted by molar-refractivity contribution is 0.185. The third-order valence-electron chi connectivity index (χ3n) is 3.43. The zero-order valence-corrected chi connectivity index (χ0v) is 13.4. The summed E-state index contributed by atoms with van der Waals surface area (Å²) in [6.45, 7) is 2.83. The molecule has 0 aliphatic rings. The van der Waals surface area contributed by atoms with Gasteiger partial charge in [0.25, 0.3) is 0 Å². The first kappa shape index (κ1) is 15.9. The zero-order chi connectivity index (χ0) is 15.1. The van der Waals surface area contributed by atoms with Crippen molar-refractivity contribution in [1.29, 1.82) is 0 Å². The third kappa shape index (κ3) is 4.76. The number of anilines is 1. The molecule has 0 aliphatic carbocycles. The van der Waals surface area contributed by atoms with Crippen LogP contribution in [0.4, 0.5) is 5.69 Å². The van der Waals surface area contributed by atoms with E-state index in [9.17, 15) is 0 Å². The maximum absolute atomic E-state index is 5.97. The Balaban J connectivity index is 2.15. The maximum Gasteiger partial charge on any atom is 0.0713 e. The maximum atomic E-state index is 5.97. The van der Waals surface area contributed by atoms with Gasteiger partial charge in [-0.15, -0.1) is 0 Å². The lowest BCUT2D eigenvalue weighted by Gasteiger charge is -2.20. The Morgan fingerprint density at radius 3 is 2.57 bits per heavy atom. The van der Waals surface area contributed by atoms with Gasteiger partial charge in [-0.25, -0.2) is 0 Å². The summed E-state index contributed by atoms with van der Waals surface area (Å²) in [5.41, 5.74) is 3.56. The van der Waals surface area contributed by atoms with Gasteiger partial charge in [0, 0.05) is 17.8 Å². The minimum atomic E-state index is 0.296. The van der Waals surface area contributed by atoms with Gasteiger partial charge < -0.3 is 10.1 Å². The average Bonchev–Trinajstić information content (AvgIpc) is 2.48. The van der Waals surface area contributed by atoms with Gasteiger partial charge >= 0.3 is 0 Å². The van der Waals surface area contributed by atoms with E-state index in [2.05, 4.69) is 48.6 Å². The van der Waals surface area contributed by atoms with Gasteiger partial charge in [-0.1, -0.05) is 49.2 Å². The lowest BCUT2D eigenvalue weighted by Crippen LogP contribution is -2.10. The normalized spacial score (nSPS) is 12.1. The highest BCUT2D eigenvalue weighted by Crippen LogP contribution is 2.25. The first-order chi connectivity index (χ1) is 10.2. The van der Waals surface area contributed by atoms with Crippen LogP contribution in [0.25, 0.3) is 0 Å². The summed E-state index contributed by atoms with van der Waals surface area (Å²) in [6, 6.07) is 16.7. The summed E-state index contributed by atoms with van der Waals surface area (Å²) < 4.78 is 5.19. The van der Waals surface area contributed by atoms with Crippen LogP contribution in [0.15, 0.2) is 48.5 Å². The van der Waals surface area contributed by atoms with Crippen LogP contribution in [-0.2, 0) is 11.3 Å². The smallest absolute Gasteiger partial charge is 0.0713 e. The number of halogens is 1. The molecule has 2 nitrogen and oxygen atoms in total. The lowest BCUT2D eigenvalue weighted by atomic mass is 10.0. The first-order valence-electron chi connectivity index (χ1n) is 7.32. The van der Waals surface area contributed by atoms with E-state index in [0.717, 1.165) is 23.6 Å². The zero-order valence-electron chi connectivity index (χ0n) is 12.6. The van der Waals surface area contributed by atoms with Gasteiger partial charge in [0.05, 0.1) is 12.6 Å². The van der Waals surface area contributed by atoms with E-state index in [-0.39, 0.29) is 0 Å². The van der Waals surface area contributed by atoms with Gasteiger partial charge in [0.2, 0.25) is 0 Å². The summed E-state index contributed by atoms with van der Waals surface area (Å²) in [6.07, 6.45) is 2.20. The van der Waals surface area contributed by atoms with Gasteiger partial charge in [0.1, 0.15) is 0 Å². The summed E-state index contributed by atoms with van der Waals surface area (Å²) in [5, 5.41) is 4.39. The molecule has 0 aliphatic heterocycles. The van der Waals surface area contributed by atoms with E-state index in [0.29, 0.717) is 12.6 Å². The Morgan fingerprint density at radius 1 is 1.14 bits per heavy atom. The molecule has 2 aromatic carbocycles. The number of hydrogen-bond acceptors (Lipinski definition) is 2. The molecule has 2 aromatic rings. The molecule has 0 bridgehead atoms. The van der Waals surface area contributed by atoms with Gasteiger partial charge in [-0.3, -0.25) is 0 Å². The number of nitrogens with one attached hydrogen (secondary N) is 1. The van der Waals surface area contributed by atoms with Crippen LogP contribution in [0.2, 0.25) is 5.02 Å². The fraction of sp³-hybridized carbons (Fsp3) is 0.333. The molecule has 21 heavy (non-hydrogen) atoms. The molecule has 0 heterocycles. The van der Waals surface area contributed by atoms with Crippen LogP contribution in [-0.4, -0.2) is 7.11 Å². The van der Waals surface area contributed by atoms with Crippen molar-refractivity contribution >= 4 is 17.3 Å². The second-order valence-corrected chi connectivity index (χ2v) is 5.61. The van der Waals surface area contributed by atoms with Crippen LogP contribution < -0.4 is 5.32 Å². The van der Waals surface area contributed by atoms with Crippen molar-refractivity contribution in [2.75, 3.05) is 12.4 Å². The quantitative estimate of drug-likeness (QED) is 0.735. The molecule has 1 N–H and O–H groups in total. The molecule has 0 spiro atoms. The second kappa shape index (κ2) is 8.06. The van der Waals surface area contributed by atoms with Gasteiger partial charge in [0.15, 0.2) is 0 Å². The molecule has 0 radical (unpaired) electrons. The molecule has 1 unspecified atom stereocenters. The Kier molecular flexibility index (Phi) is 6.09. The molecule has 112 valence electrons. The molecule has 0 aromatic heterocycles. The van der Waals surface area contributed by atoms with Crippen molar-refractivity contribution in [3.05, 3.63) is 64.7 Å². The largest absolute Gasteiger partial charge is 0.380 e. The number of methoxy groups -OCH3 is 1. The van der Waals surface area contributed by atoms with Crippen LogP contribution in [0.1, 0.15) is 36.9 Å². The molecular formula is C18H22ClNO. The van der Waals surface area contributed by atoms with Crippen molar-refractivity contribution in [2.24, 2.45) is 0 Å². The van der Waals surface area contributed by atoms with Crippen LogP contribution in [0.5, 0.6) is 0 Å². The molecule has 2 rings (SSSR count). The number of benzene rings is 2. The van der Waals surface area contributed by atoms with Crippen molar-refractivity contribution in [3.63, 3.8) is 0 Å². The highest BCUT2D eigenvalue weighted by Gasteiger charge is 2.10. The van der Waals surface area contributed by atoms with Crippen molar-refractivity contribution < 1.29 is 4.74 Å². The molecule has 0 fully saturated rings. The van der Waals surface area contributed by atoms with E-state index in [1.165, 1.54) is 11.1 Å². The summed E-state index contributed by atoms with van der Waals surface area (Å²) in [4.78, 5) is 0. The Morgan fingerprint density at radius 2 is 1.90 bits per heavy atom. The Hall–Kier alpha value is -1.51. The standard InChI is InChI=1S/C18H22ClNO/c1-3-5-18(15-8-10-16(19)11-9-15)20-17-7-4-6-14(12-17)13-21-2/h4,6-12,18,20H,3,5,13H2,1-2H3. The van der Waals surface area contributed by atoms with Crippen molar-refractivity contribution in [3.8, 4) is 0 Å². The second-order valence-electron chi connectivity index (χ2n) is 5.17. The number of rotatable bonds is 7. The molecule has 0 amide bonds. The minimum Gasteiger partial charge on any atom is -0.380 e. The fourth-order valence-corrected chi connectivity index (χ4v) is 2.55. The fourth-order valence-electron chi connectivity index (χ4n) is 2.42. The summed E-state index contributed by atoms with van der Waals surface area (Å²) in [5.74, 6) is 0. The van der Waals surface area contributed by atoms with Crippen LogP contribution in [0.3, 0.4) is 0 Å². The number of hydrogen-bond donors (Lipinski definition) is 1. The van der Waals surface area contributed by atoms with E-state index in [1.807, 2.05) is 12.1 Å². The van der Waals surface area contributed by atoms with E-state index in [4.69, 9.17) is 16.3 Å². The summed E-state index contributed by atoms with van der Waals surface area (Å²) in [7, 11) is 1.72. The average molecular weight is 304 g/mol. The predicted molar refractivity (Wildman–Crippen MR) is 89.9 cm³/mol. The van der Waals surface area contributed by atoms with Crippen molar-refractivity contribution in [2.45, 2.75) is 32.4 Å². The van der Waals surface area contributed by atoms with Crippen molar-refractivity contribution in [1.82, 2.24) is 0 Å². The summed E-state index contributed by atoms with van der Waals surface area (Å²) >= 11 is 5.97. The van der Waals surface area contributed by atoms with Crippen LogP contribution >= 0.6 is 11.6 Å². The topological polar surface area (TPSA) is 21.3 Å². The minimum absolute atomic E-state index is 0.296. The number of ether oxygens (including phenoxy) is 1. The molecule has 1 atom stereocenters. The first-order valence-corrected chi connectivity index (χ1v) is 7.70. The highest BCUT2D eigenvalue weighted by atomic mass is 35.5. The predicted octanol–water partition coefficient (Wildman–Crippen LogP) is 5.44. The Bertz CT molecular complexity index is 553. The van der Waals surface area contributed by atoms with E-state index >= 15 is 0 Å². The SMILES string of the molecule is CCCC(Nc1cccc(COC)c1)c1ccc(Cl)cc1. The molecule has 0 saturated heterocycles. The third-order valence-corrected chi connectivity index (χ3v) is 3.68. The van der Waals surface area contributed by atoms with E-state index < -0.39 is 0 Å². The highest BCUT2D eigenvalue weighted by molar-refractivity contribution is 6.30.